The van der Waals surface area contributed by atoms with Gasteiger partial charge in [-0.3, -0.25) is 4.98 Å². The minimum atomic E-state index is -1.13. The number of pyridine rings is 1. The van der Waals surface area contributed by atoms with E-state index < -0.39 is 17.2 Å². The van der Waals surface area contributed by atoms with E-state index in [0.29, 0.717) is 44.5 Å². The van der Waals surface area contributed by atoms with Crippen molar-refractivity contribution in [2.24, 2.45) is 0 Å². The van der Waals surface area contributed by atoms with Gasteiger partial charge in [0.1, 0.15) is 5.82 Å². The fraction of sp³-hybridized carbons (Fsp3) is 0.615. The minimum Gasteiger partial charge on any atom is -0.385 e. The molecule has 1 N–H and O–H groups in total. The molecule has 0 amide bonds. The lowest BCUT2D eigenvalue weighted by atomic mass is 9.77. The molecule has 2 aliphatic rings. The van der Waals surface area contributed by atoms with E-state index in [1.165, 1.54) is 6.20 Å². The summed E-state index contributed by atoms with van der Waals surface area (Å²) in [5.74, 6) is -1.00. The fourth-order valence-electron chi connectivity index (χ4n) is 2.85. The number of ether oxygens (including phenoxy) is 2. The molecule has 98 valence electrons. The summed E-state index contributed by atoms with van der Waals surface area (Å²) in [5.41, 5.74) is -0.807. The predicted octanol–water partition coefficient (Wildman–Crippen LogP) is 1.73. The fourth-order valence-corrected chi connectivity index (χ4v) is 2.85. The summed E-state index contributed by atoms with van der Waals surface area (Å²) in [6.07, 6.45) is 4.70. The van der Waals surface area contributed by atoms with Gasteiger partial charge in [-0.1, -0.05) is 0 Å². The number of halogens is 1. The summed E-state index contributed by atoms with van der Waals surface area (Å²) in [6.45, 7) is 1.20. The molecule has 1 spiro atoms. The molecule has 0 aromatic carbocycles. The first-order valence-corrected chi connectivity index (χ1v) is 6.24. The van der Waals surface area contributed by atoms with Crippen LogP contribution in [0.5, 0.6) is 0 Å². The molecule has 0 atom stereocenters. The van der Waals surface area contributed by atoms with Crippen molar-refractivity contribution in [3.63, 3.8) is 0 Å². The Bertz CT molecular complexity index is 436. The summed E-state index contributed by atoms with van der Waals surface area (Å²) >= 11 is 0. The van der Waals surface area contributed by atoms with Gasteiger partial charge in [0.2, 0.25) is 0 Å². The third-order valence-electron chi connectivity index (χ3n) is 3.93. The number of hydrogen-bond acceptors (Lipinski definition) is 4. The Morgan fingerprint density at radius 1 is 1.17 bits per heavy atom. The highest BCUT2D eigenvalue weighted by Crippen LogP contribution is 2.45. The van der Waals surface area contributed by atoms with Crippen molar-refractivity contribution >= 4 is 0 Å². The van der Waals surface area contributed by atoms with Crippen LogP contribution in [-0.2, 0) is 15.1 Å². The monoisotopic (exact) mass is 253 g/mol. The smallest absolute Gasteiger partial charge is 0.168 e. The number of rotatable bonds is 1. The van der Waals surface area contributed by atoms with Crippen LogP contribution in [0.25, 0.3) is 0 Å². The zero-order chi connectivity index (χ0) is 12.6. The first-order valence-electron chi connectivity index (χ1n) is 6.24. The predicted molar refractivity (Wildman–Crippen MR) is 61.2 cm³/mol. The summed E-state index contributed by atoms with van der Waals surface area (Å²) in [5, 5.41) is 10.6. The second-order valence-electron chi connectivity index (χ2n) is 4.99. The molecule has 2 fully saturated rings. The van der Waals surface area contributed by atoms with Crippen LogP contribution in [0.1, 0.15) is 31.2 Å². The van der Waals surface area contributed by atoms with Gasteiger partial charge in [-0.05, 0) is 18.9 Å². The Morgan fingerprint density at radius 3 is 2.44 bits per heavy atom. The third kappa shape index (κ3) is 1.92. The van der Waals surface area contributed by atoms with Gasteiger partial charge in [0.15, 0.2) is 5.79 Å². The first kappa shape index (κ1) is 12.0. The number of aliphatic hydroxyl groups is 1. The standard InChI is InChI=1S/C13H16FNO3/c14-11-9-15-6-1-10(11)12(16)2-4-13(5-3-12)17-7-8-18-13/h1,6,9,16H,2-5,7-8H2. The Morgan fingerprint density at radius 2 is 1.83 bits per heavy atom. The summed E-state index contributed by atoms with van der Waals surface area (Å²) in [7, 11) is 0. The van der Waals surface area contributed by atoms with Gasteiger partial charge in [0, 0.05) is 24.6 Å². The molecule has 18 heavy (non-hydrogen) atoms. The number of nitrogens with zero attached hydrogens (tertiary/aromatic N) is 1. The summed E-state index contributed by atoms with van der Waals surface area (Å²) < 4.78 is 24.9. The van der Waals surface area contributed by atoms with Crippen LogP contribution in [0.15, 0.2) is 18.5 Å². The molecule has 2 heterocycles. The van der Waals surface area contributed by atoms with E-state index >= 15 is 0 Å². The van der Waals surface area contributed by atoms with E-state index in [1.807, 2.05) is 0 Å². The van der Waals surface area contributed by atoms with Crippen molar-refractivity contribution in [1.82, 2.24) is 4.98 Å². The molecule has 3 rings (SSSR count). The van der Waals surface area contributed by atoms with E-state index in [9.17, 15) is 9.50 Å². The second kappa shape index (κ2) is 4.26. The third-order valence-corrected chi connectivity index (χ3v) is 3.93. The Kier molecular flexibility index (Phi) is 2.84. The highest BCUT2D eigenvalue weighted by molar-refractivity contribution is 5.22. The van der Waals surface area contributed by atoms with Crippen LogP contribution in [0.3, 0.4) is 0 Å². The summed E-state index contributed by atoms with van der Waals surface area (Å²) in [4.78, 5) is 3.71. The molecule has 1 saturated carbocycles. The molecular weight excluding hydrogens is 237 g/mol. The molecule has 1 aliphatic carbocycles. The van der Waals surface area contributed by atoms with Crippen molar-refractivity contribution in [1.29, 1.82) is 0 Å². The zero-order valence-electron chi connectivity index (χ0n) is 10.1. The quantitative estimate of drug-likeness (QED) is 0.828. The molecule has 5 heteroatoms. The van der Waals surface area contributed by atoms with Gasteiger partial charge >= 0.3 is 0 Å². The lowest BCUT2D eigenvalue weighted by Crippen LogP contribution is -2.42. The van der Waals surface area contributed by atoms with Crippen molar-refractivity contribution in [3.05, 3.63) is 29.8 Å². The van der Waals surface area contributed by atoms with Crippen LogP contribution < -0.4 is 0 Å². The van der Waals surface area contributed by atoms with Gasteiger partial charge in [-0.25, -0.2) is 4.39 Å². The molecule has 4 nitrogen and oxygen atoms in total. The van der Waals surface area contributed by atoms with Gasteiger partial charge in [0.25, 0.3) is 0 Å². The van der Waals surface area contributed by atoms with Crippen molar-refractivity contribution in [2.45, 2.75) is 37.1 Å². The van der Waals surface area contributed by atoms with Crippen LogP contribution in [0, 0.1) is 5.82 Å². The van der Waals surface area contributed by atoms with Crippen molar-refractivity contribution in [3.8, 4) is 0 Å². The average molecular weight is 253 g/mol. The van der Waals surface area contributed by atoms with Gasteiger partial charge in [0.05, 0.1) is 25.0 Å². The van der Waals surface area contributed by atoms with E-state index in [-0.39, 0.29) is 0 Å². The van der Waals surface area contributed by atoms with Gasteiger partial charge in [-0.2, -0.15) is 0 Å². The Hall–Kier alpha value is -1.04. The minimum absolute atomic E-state index is 0.324. The zero-order valence-corrected chi connectivity index (χ0v) is 10.1. The molecule has 1 saturated heterocycles. The average Bonchev–Trinajstić information content (AvgIpc) is 2.83. The lowest BCUT2D eigenvalue weighted by molar-refractivity contribution is -0.204. The van der Waals surface area contributed by atoms with E-state index in [4.69, 9.17) is 9.47 Å². The van der Waals surface area contributed by atoms with Crippen LogP contribution >= 0.6 is 0 Å². The van der Waals surface area contributed by atoms with Crippen molar-refractivity contribution < 1.29 is 19.0 Å². The topological polar surface area (TPSA) is 51.6 Å². The molecule has 0 radical (unpaired) electrons. The maximum Gasteiger partial charge on any atom is 0.168 e. The molecule has 0 bridgehead atoms. The maximum atomic E-state index is 13.7. The Labute approximate surface area is 105 Å². The van der Waals surface area contributed by atoms with E-state index in [0.717, 1.165) is 6.20 Å². The molecule has 1 aliphatic heterocycles. The number of aromatic nitrogens is 1. The molecule has 1 aromatic rings. The van der Waals surface area contributed by atoms with E-state index in [2.05, 4.69) is 4.98 Å². The Balaban J connectivity index is 1.80. The molecule has 1 aromatic heterocycles. The van der Waals surface area contributed by atoms with Gasteiger partial charge in [-0.15, -0.1) is 0 Å². The van der Waals surface area contributed by atoms with Gasteiger partial charge < -0.3 is 14.6 Å². The van der Waals surface area contributed by atoms with Crippen molar-refractivity contribution in [2.75, 3.05) is 13.2 Å². The highest BCUT2D eigenvalue weighted by Gasteiger charge is 2.46. The maximum absolute atomic E-state index is 13.7. The normalized spacial score (nSPS) is 25.4. The van der Waals surface area contributed by atoms with E-state index in [1.54, 1.807) is 6.07 Å². The van der Waals surface area contributed by atoms with Crippen LogP contribution in [0.2, 0.25) is 0 Å². The largest absolute Gasteiger partial charge is 0.385 e. The summed E-state index contributed by atoms with van der Waals surface area (Å²) in [6, 6.07) is 1.55. The highest BCUT2D eigenvalue weighted by atomic mass is 19.1. The van der Waals surface area contributed by atoms with Crippen LogP contribution in [0.4, 0.5) is 4.39 Å². The SMILES string of the molecule is OC1(c2ccncc2F)CCC2(CC1)OCCO2. The van der Waals surface area contributed by atoms with Crippen LogP contribution in [-0.4, -0.2) is 29.1 Å². The molecular formula is C13H16FNO3. The second-order valence-corrected chi connectivity index (χ2v) is 4.99. The first-order chi connectivity index (χ1) is 8.64. The molecule has 0 unspecified atom stereocenters. The number of hydrogen-bond donors (Lipinski definition) is 1. The lowest BCUT2D eigenvalue weighted by Gasteiger charge is -2.40.